The molecule has 0 aliphatic carbocycles. The van der Waals surface area contributed by atoms with E-state index in [9.17, 15) is 4.39 Å². The molecule has 1 aromatic heterocycles. The average molecular weight is 270 g/mol. The maximum atomic E-state index is 13.8. The molecule has 19 heavy (non-hydrogen) atoms. The molecule has 0 bridgehead atoms. The lowest BCUT2D eigenvalue weighted by Gasteiger charge is -2.23. The van der Waals surface area contributed by atoms with Crippen LogP contribution in [-0.2, 0) is 0 Å². The lowest BCUT2D eigenvalue weighted by molar-refractivity contribution is 0.300. The van der Waals surface area contributed by atoms with Crippen LogP contribution in [0.2, 0.25) is 0 Å². The summed E-state index contributed by atoms with van der Waals surface area (Å²) in [6.07, 6.45) is 4.07. The summed E-state index contributed by atoms with van der Waals surface area (Å²) >= 11 is 0. The third-order valence-electron chi connectivity index (χ3n) is 2.71. The second-order valence-corrected chi connectivity index (χ2v) is 4.36. The first-order valence-corrected chi connectivity index (χ1v) is 6.85. The van der Waals surface area contributed by atoms with Crippen LogP contribution >= 0.6 is 0 Å². The summed E-state index contributed by atoms with van der Waals surface area (Å²) in [4.78, 5) is 9.87. The van der Waals surface area contributed by atoms with E-state index in [-0.39, 0.29) is 12.4 Å². The van der Waals surface area contributed by atoms with Gasteiger partial charge >= 0.3 is 0 Å². The van der Waals surface area contributed by atoms with E-state index in [1.807, 2.05) is 6.92 Å². The van der Waals surface area contributed by atoms with E-state index in [0.29, 0.717) is 19.0 Å². The zero-order chi connectivity index (χ0) is 14.1. The molecule has 0 aromatic carbocycles. The Bertz CT molecular complexity index is 376. The molecule has 0 saturated heterocycles. The van der Waals surface area contributed by atoms with Crippen LogP contribution < -0.4 is 10.2 Å². The van der Waals surface area contributed by atoms with Crippen molar-refractivity contribution in [3.8, 4) is 0 Å². The molecule has 6 heteroatoms. The van der Waals surface area contributed by atoms with Crippen LogP contribution in [0, 0.1) is 5.82 Å². The van der Waals surface area contributed by atoms with E-state index < -0.39 is 5.82 Å². The number of aromatic nitrogens is 2. The largest absolute Gasteiger partial charge is 0.395 e. The number of hydrogen-bond acceptors (Lipinski definition) is 5. The predicted octanol–water partition coefficient (Wildman–Crippen LogP) is 2.04. The van der Waals surface area contributed by atoms with Crippen LogP contribution in [0.5, 0.6) is 0 Å². The maximum absolute atomic E-state index is 13.8. The Labute approximate surface area is 113 Å². The van der Waals surface area contributed by atoms with E-state index in [2.05, 4.69) is 22.2 Å². The third-order valence-corrected chi connectivity index (χ3v) is 2.71. The van der Waals surface area contributed by atoms with Crippen molar-refractivity contribution in [2.45, 2.75) is 33.1 Å². The molecule has 1 rings (SSSR count). The Morgan fingerprint density at radius 1 is 1.32 bits per heavy atom. The van der Waals surface area contributed by atoms with Crippen LogP contribution in [0.1, 0.15) is 33.1 Å². The minimum absolute atomic E-state index is 0.0229. The second-order valence-electron chi connectivity index (χ2n) is 4.36. The lowest BCUT2D eigenvalue weighted by atomic mass is 10.3. The van der Waals surface area contributed by atoms with Gasteiger partial charge in [0.05, 0.1) is 12.8 Å². The van der Waals surface area contributed by atoms with Gasteiger partial charge in [-0.3, -0.25) is 0 Å². The topological polar surface area (TPSA) is 61.3 Å². The normalized spacial score (nSPS) is 10.5. The number of halogens is 1. The Morgan fingerprint density at radius 3 is 2.74 bits per heavy atom. The number of aliphatic hydroxyl groups excluding tert-OH is 1. The molecule has 0 atom stereocenters. The molecule has 0 unspecified atom stereocenters. The van der Waals surface area contributed by atoms with Crippen molar-refractivity contribution in [2.24, 2.45) is 0 Å². The number of hydrogen-bond donors (Lipinski definition) is 2. The molecule has 0 aliphatic heterocycles. The summed E-state index contributed by atoms with van der Waals surface area (Å²) in [6.45, 7) is 5.89. The molecule has 0 fully saturated rings. The fourth-order valence-corrected chi connectivity index (χ4v) is 1.70. The number of unbranched alkanes of at least 4 members (excludes halogenated alkanes) is 1. The molecule has 0 aliphatic rings. The van der Waals surface area contributed by atoms with Gasteiger partial charge in [-0.2, -0.15) is 4.98 Å². The molecule has 1 heterocycles. The zero-order valence-electron chi connectivity index (χ0n) is 11.7. The van der Waals surface area contributed by atoms with Crippen LogP contribution in [-0.4, -0.2) is 41.3 Å². The highest BCUT2D eigenvalue weighted by molar-refractivity contribution is 5.43. The van der Waals surface area contributed by atoms with Gasteiger partial charge in [-0.15, -0.1) is 0 Å². The SMILES string of the molecule is CCCCN(CCO)c1nc(NCCC)ncc1F. The summed E-state index contributed by atoms with van der Waals surface area (Å²) in [5.74, 6) is 0.236. The number of nitrogens with zero attached hydrogens (tertiary/aromatic N) is 3. The van der Waals surface area contributed by atoms with E-state index in [4.69, 9.17) is 5.11 Å². The smallest absolute Gasteiger partial charge is 0.224 e. The highest BCUT2D eigenvalue weighted by Crippen LogP contribution is 2.17. The predicted molar refractivity (Wildman–Crippen MR) is 75.0 cm³/mol. The molecule has 108 valence electrons. The van der Waals surface area contributed by atoms with Crippen LogP contribution in [0.15, 0.2) is 6.20 Å². The molecule has 0 spiro atoms. The standard InChI is InChI=1S/C13H23FN4O/c1-3-5-7-18(8-9-19)12-11(14)10-16-13(17-12)15-6-4-2/h10,19H,3-9H2,1-2H3,(H,15,16,17). The first kappa shape index (κ1) is 15.6. The number of aliphatic hydroxyl groups is 1. The van der Waals surface area contributed by atoms with E-state index in [1.165, 1.54) is 6.20 Å². The Hall–Kier alpha value is -1.43. The van der Waals surface area contributed by atoms with E-state index >= 15 is 0 Å². The summed E-state index contributed by atoms with van der Waals surface area (Å²) in [6, 6.07) is 0. The number of rotatable bonds is 9. The number of anilines is 2. The fourth-order valence-electron chi connectivity index (χ4n) is 1.70. The molecule has 0 amide bonds. The molecule has 2 N–H and O–H groups in total. The van der Waals surface area contributed by atoms with Gasteiger partial charge in [0.1, 0.15) is 0 Å². The van der Waals surface area contributed by atoms with Gasteiger partial charge in [-0.1, -0.05) is 20.3 Å². The summed E-state index contributed by atoms with van der Waals surface area (Å²) in [5.41, 5.74) is 0. The van der Waals surface area contributed by atoms with Crippen molar-refractivity contribution in [1.29, 1.82) is 0 Å². The number of nitrogens with one attached hydrogen (secondary N) is 1. The second kappa shape index (κ2) is 8.63. The minimum atomic E-state index is -0.452. The van der Waals surface area contributed by atoms with Crippen molar-refractivity contribution in [3.63, 3.8) is 0 Å². The first-order chi connectivity index (χ1) is 9.22. The molecule has 0 saturated carbocycles. The van der Waals surface area contributed by atoms with Gasteiger partial charge in [0.2, 0.25) is 5.95 Å². The van der Waals surface area contributed by atoms with Crippen molar-refractivity contribution in [2.75, 3.05) is 36.5 Å². The first-order valence-electron chi connectivity index (χ1n) is 6.85. The Kier molecular flexibility index (Phi) is 7.10. The molecule has 1 aromatic rings. The van der Waals surface area contributed by atoms with Crippen LogP contribution in [0.3, 0.4) is 0 Å². The van der Waals surface area contributed by atoms with Crippen molar-refractivity contribution in [1.82, 2.24) is 9.97 Å². The van der Waals surface area contributed by atoms with Gasteiger partial charge in [-0.25, -0.2) is 9.37 Å². The van der Waals surface area contributed by atoms with Crippen molar-refractivity contribution < 1.29 is 9.50 Å². The maximum Gasteiger partial charge on any atom is 0.224 e. The quantitative estimate of drug-likeness (QED) is 0.719. The zero-order valence-corrected chi connectivity index (χ0v) is 11.7. The lowest BCUT2D eigenvalue weighted by Crippen LogP contribution is -2.30. The van der Waals surface area contributed by atoms with E-state index in [1.54, 1.807) is 4.90 Å². The van der Waals surface area contributed by atoms with Crippen LogP contribution in [0.4, 0.5) is 16.2 Å². The van der Waals surface area contributed by atoms with Gasteiger partial charge in [0.25, 0.3) is 0 Å². The summed E-state index contributed by atoms with van der Waals surface area (Å²) in [5, 5.41) is 12.1. The molecular formula is C13H23FN4O. The van der Waals surface area contributed by atoms with Crippen molar-refractivity contribution in [3.05, 3.63) is 12.0 Å². The molecule has 0 radical (unpaired) electrons. The summed E-state index contributed by atoms with van der Waals surface area (Å²) < 4.78 is 13.8. The molecular weight excluding hydrogens is 247 g/mol. The average Bonchev–Trinajstić information content (AvgIpc) is 2.43. The summed E-state index contributed by atoms with van der Waals surface area (Å²) in [7, 11) is 0. The highest BCUT2D eigenvalue weighted by Gasteiger charge is 2.14. The van der Waals surface area contributed by atoms with Gasteiger partial charge < -0.3 is 15.3 Å². The third kappa shape index (κ3) is 4.98. The monoisotopic (exact) mass is 270 g/mol. The fraction of sp³-hybridized carbons (Fsp3) is 0.692. The van der Waals surface area contributed by atoms with Gasteiger partial charge in [0.15, 0.2) is 11.6 Å². The van der Waals surface area contributed by atoms with Gasteiger partial charge in [0, 0.05) is 19.6 Å². The van der Waals surface area contributed by atoms with Crippen LogP contribution in [0.25, 0.3) is 0 Å². The van der Waals surface area contributed by atoms with Crippen molar-refractivity contribution >= 4 is 11.8 Å². The highest BCUT2D eigenvalue weighted by atomic mass is 19.1. The Balaban J connectivity index is 2.86. The molecule has 5 nitrogen and oxygen atoms in total. The Morgan fingerprint density at radius 2 is 2.11 bits per heavy atom. The minimum Gasteiger partial charge on any atom is -0.395 e. The van der Waals surface area contributed by atoms with Gasteiger partial charge in [-0.05, 0) is 12.8 Å². The van der Waals surface area contributed by atoms with E-state index in [0.717, 1.165) is 25.8 Å².